The molecule has 0 saturated carbocycles. The monoisotopic (exact) mass is 136 g/mol. The molecule has 0 aliphatic carbocycles. The minimum Gasteiger partial charge on any atom is -0.511 e. The third kappa shape index (κ3) is 102. The van der Waals surface area contributed by atoms with E-state index in [0.29, 0.717) is 0 Å². The van der Waals surface area contributed by atoms with Gasteiger partial charge in [-0.2, -0.15) is 0 Å². The molecule has 0 spiro atoms. The Balaban J connectivity index is -0.0000000450. The third-order valence-corrected chi connectivity index (χ3v) is 0. The van der Waals surface area contributed by atoms with Crippen LogP contribution in [0, 0.1) is 0 Å². The van der Waals surface area contributed by atoms with Crippen molar-refractivity contribution in [2.75, 3.05) is 0 Å². The van der Waals surface area contributed by atoms with Crippen molar-refractivity contribution < 1.29 is 19.5 Å². The molecular formula is H4CaO4Si. The van der Waals surface area contributed by atoms with Gasteiger partial charge in [0.25, 0.3) is 0 Å². The first-order valence-corrected chi connectivity index (χ1v) is 1.95. The van der Waals surface area contributed by atoms with Crippen LogP contribution in [0.25, 0.3) is 0 Å². The van der Waals surface area contributed by atoms with E-state index in [1.165, 1.54) is 0 Å². The molecule has 0 aromatic heterocycles. The van der Waals surface area contributed by atoms with Crippen LogP contribution in [-0.4, -0.2) is 62.0 Å². The van der Waals surface area contributed by atoms with Crippen LogP contribution in [0.4, 0.5) is 0 Å². The quantitative estimate of drug-likeness (QED) is 0.352. The molecule has 4 nitrogen and oxygen atoms in total. The zero-order valence-electron chi connectivity index (χ0n) is 3.01. The van der Waals surface area contributed by atoms with E-state index in [9.17, 15) is 0 Å². The summed E-state index contributed by atoms with van der Waals surface area (Å²) >= 11 is 0. The van der Waals surface area contributed by atoms with Crippen molar-refractivity contribution in [3.05, 3.63) is 0 Å². The normalized spacial score (nSPS) is 4.00. The van der Waals surface area contributed by atoms with E-state index in [0.717, 1.165) is 0 Å². The van der Waals surface area contributed by atoms with E-state index in [-0.39, 0.29) is 43.2 Å². The molecule has 0 aromatic rings. The van der Waals surface area contributed by atoms with Crippen LogP contribution in [0.3, 0.4) is 0 Å². The van der Waals surface area contributed by atoms with Crippen molar-refractivity contribution in [1.29, 1.82) is 0 Å². The maximum Gasteiger partial charge on any atom is 0.761 e. The Bertz CT molecular complexity index is 30.5. The maximum atomic E-state index is 8.74. The number of rotatable bonds is 0. The molecule has 0 rings (SSSR count). The van der Waals surface area contributed by atoms with Crippen molar-refractivity contribution >= 4 is 46.9 Å². The fourth-order valence-corrected chi connectivity index (χ4v) is 0. The van der Waals surface area contributed by atoms with E-state index in [1.54, 1.807) is 0 Å². The van der Waals surface area contributed by atoms with Gasteiger partial charge in [0.15, 0.2) is 0 Å². The van der Waals surface area contributed by atoms with Gasteiger partial charge in [0.05, 0.1) is 0 Å². The van der Waals surface area contributed by atoms with Crippen molar-refractivity contribution in [1.82, 2.24) is 0 Å². The van der Waals surface area contributed by atoms with E-state index < -0.39 is 9.17 Å². The predicted molar refractivity (Wildman–Crippen MR) is 20.2 cm³/mol. The zero-order valence-corrected chi connectivity index (χ0v) is 6.22. The van der Waals surface area contributed by atoms with Gasteiger partial charge in [0, 0.05) is 37.7 Å². The van der Waals surface area contributed by atoms with Gasteiger partial charge in [-0.3, -0.25) is 4.46 Å². The Kier molecular flexibility index (Phi) is 24.5. The standard InChI is InChI=1S/Ca.H2O3Si.H2O/c;1-4(2)3;/h;1-2H;1H2. The van der Waals surface area contributed by atoms with Crippen LogP contribution in [0.15, 0.2) is 0 Å². The summed E-state index contributed by atoms with van der Waals surface area (Å²) in [6.45, 7) is 0. The first-order valence-electron chi connectivity index (χ1n) is 0.651. The molecule has 0 amide bonds. The van der Waals surface area contributed by atoms with Crippen LogP contribution >= 0.6 is 0 Å². The molecule has 0 fully saturated rings. The molecule has 4 N–H and O–H groups in total. The van der Waals surface area contributed by atoms with Crippen molar-refractivity contribution in [3.63, 3.8) is 0 Å². The summed E-state index contributed by atoms with van der Waals surface area (Å²) in [6.07, 6.45) is 0. The zero-order chi connectivity index (χ0) is 3.58. The van der Waals surface area contributed by atoms with Gasteiger partial charge in [-0.25, -0.2) is 0 Å². The molecule has 34 valence electrons. The molecular weight excluding hydrogens is 132 g/mol. The Hall–Kier alpha value is 0.837. The summed E-state index contributed by atoms with van der Waals surface area (Å²) in [7, 11) is -3.13. The summed E-state index contributed by atoms with van der Waals surface area (Å²) < 4.78 is 8.74. The summed E-state index contributed by atoms with van der Waals surface area (Å²) in [5.41, 5.74) is 0. The van der Waals surface area contributed by atoms with Crippen LogP contribution in [-0.2, 0) is 4.46 Å². The smallest absolute Gasteiger partial charge is 0.511 e. The summed E-state index contributed by atoms with van der Waals surface area (Å²) in [6, 6.07) is 0. The van der Waals surface area contributed by atoms with Crippen LogP contribution < -0.4 is 0 Å². The van der Waals surface area contributed by atoms with E-state index in [4.69, 9.17) is 14.1 Å². The minimum atomic E-state index is -3.13. The third-order valence-electron chi connectivity index (χ3n) is 0. The molecule has 0 unspecified atom stereocenters. The first-order chi connectivity index (χ1) is 1.73. The Labute approximate surface area is 66.0 Å². The van der Waals surface area contributed by atoms with Gasteiger partial charge in [-0.1, -0.05) is 0 Å². The molecule has 0 aromatic carbocycles. The van der Waals surface area contributed by atoms with Gasteiger partial charge < -0.3 is 15.1 Å². The topological polar surface area (TPSA) is 89.0 Å². The maximum absolute atomic E-state index is 8.74. The molecule has 0 atom stereocenters. The average molecular weight is 136 g/mol. The fraction of sp³-hybridized carbons (Fsp3) is 0. The SMILES string of the molecule is O.O=[Si](O)O.[Ca]. The van der Waals surface area contributed by atoms with Crippen LogP contribution in [0.2, 0.25) is 0 Å². The van der Waals surface area contributed by atoms with Crippen molar-refractivity contribution in [2.24, 2.45) is 0 Å². The van der Waals surface area contributed by atoms with Gasteiger partial charge in [0.1, 0.15) is 0 Å². The molecule has 0 bridgehead atoms. The van der Waals surface area contributed by atoms with Gasteiger partial charge >= 0.3 is 9.17 Å². The molecule has 6 heteroatoms. The van der Waals surface area contributed by atoms with Crippen LogP contribution in [0.5, 0.6) is 0 Å². The van der Waals surface area contributed by atoms with E-state index in [2.05, 4.69) is 0 Å². The Morgan fingerprint density at radius 2 is 1.33 bits per heavy atom. The predicted octanol–water partition coefficient (Wildman–Crippen LogP) is -2.82. The molecule has 6 heavy (non-hydrogen) atoms. The summed E-state index contributed by atoms with van der Waals surface area (Å²) in [4.78, 5) is 14.3. The van der Waals surface area contributed by atoms with Crippen LogP contribution in [0.1, 0.15) is 0 Å². The number of hydrogen-bond acceptors (Lipinski definition) is 1. The van der Waals surface area contributed by atoms with Gasteiger partial charge in [0.2, 0.25) is 0 Å². The van der Waals surface area contributed by atoms with E-state index >= 15 is 0 Å². The number of hydrogen-bond donors (Lipinski definition) is 2. The molecule has 0 heterocycles. The van der Waals surface area contributed by atoms with Crippen molar-refractivity contribution in [2.45, 2.75) is 0 Å². The fourth-order valence-electron chi connectivity index (χ4n) is 0. The molecule has 0 aliphatic heterocycles. The minimum absolute atomic E-state index is 0. The average Bonchev–Trinajstić information content (AvgIpc) is 0.811. The Morgan fingerprint density at radius 3 is 1.33 bits per heavy atom. The van der Waals surface area contributed by atoms with Crippen molar-refractivity contribution in [3.8, 4) is 0 Å². The second-order valence-corrected chi connectivity index (χ2v) is 0.848. The summed E-state index contributed by atoms with van der Waals surface area (Å²) in [5.74, 6) is 0. The Morgan fingerprint density at radius 1 is 1.33 bits per heavy atom. The first kappa shape index (κ1) is 15.8. The second kappa shape index (κ2) is 9.28. The molecule has 0 aliphatic rings. The van der Waals surface area contributed by atoms with E-state index in [1.807, 2.05) is 0 Å². The second-order valence-electron chi connectivity index (χ2n) is 0.283. The largest absolute Gasteiger partial charge is 0.761 e. The van der Waals surface area contributed by atoms with Gasteiger partial charge in [-0.05, 0) is 0 Å². The van der Waals surface area contributed by atoms with Gasteiger partial charge in [-0.15, -0.1) is 0 Å². The molecule has 2 radical (unpaired) electrons. The molecule has 0 saturated heterocycles. The summed E-state index contributed by atoms with van der Waals surface area (Å²) in [5, 5.41) is 0.